The van der Waals surface area contributed by atoms with E-state index in [0.29, 0.717) is 16.8 Å². The number of carboxylic acids is 1. The minimum atomic E-state index is -3.72. The molecule has 0 aliphatic rings. The summed E-state index contributed by atoms with van der Waals surface area (Å²) in [5, 5.41) is 12.7. The second kappa shape index (κ2) is 9.44. The lowest BCUT2D eigenvalue weighted by molar-refractivity contribution is 0.0696. The Morgan fingerprint density at radius 1 is 0.906 bits per heavy atom. The van der Waals surface area contributed by atoms with Crippen molar-refractivity contribution in [2.24, 2.45) is 5.10 Å². The molecule has 0 aliphatic heterocycles. The quantitative estimate of drug-likeness (QED) is 0.422. The average molecular weight is 452 g/mol. The molecule has 0 atom stereocenters. The number of rotatable bonds is 7. The summed E-state index contributed by atoms with van der Waals surface area (Å²) in [4.78, 5) is 23.3. The Morgan fingerprint density at radius 3 is 2.03 bits per heavy atom. The second-order valence-corrected chi connectivity index (χ2v) is 8.93. The summed E-state index contributed by atoms with van der Waals surface area (Å²) in [5.74, 6) is -1.50. The van der Waals surface area contributed by atoms with Crippen LogP contribution in [-0.4, -0.2) is 38.7 Å². The van der Waals surface area contributed by atoms with E-state index in [2.05, 4.69) is 10.5 Å². The zero-order valence-corrected chi connectivity index (χ0v) is 18.2. The van der Waals surface area contributed by atoms with Crippen molar-refractivity contribution in [3.05, 3.63) is 95.1 Å². The van der Waals surface area contributed by atoms with Crippen LogP contribution >= 0.6 is 0 Å². The maximum absolute atomic E-state index is 12.8. The summed E-state index contributed by atoms with van der Waals surface area (Å²) < 4.78 is 26.7. The lowest BCUT2D eigenvalue weighted by Gasteiger charge is -2.19. The predicted molar refractivity (Wildman–Crippen MR) is 122 cm³/mol. The van der Waals surface area contributed by atoms with E-state index < -0.39 is 21.9 Å². The van der Waals surface area contributed by atoms with Crippen molar-refractivity contribution < 1.29 is 23.1 Å². The van der Waals surface area contributed by atoms with Crippen molar-refractivity contribution in [1.29, 1.82) is 0 Å². The third-order valence-corrected chi connectivity index (χ3v) is 6.51. The van der Waals surface area contributed by atoms with Gasteiger partial charge in [-0.3, -0.25) is 9.10 Å². The molecule has 0 unspecified atom stereocenters. The topological polar surface area (TPSA) is 116 Å². The van der Waals surface area contributed by atoms with Gasteiger partial charge in [0.25, 0.3) is 15.9 Å². The van der Waals surface area contributed by atoms with Crippen LogP contribution in [0.3, 0.4) is 0 Å². The molecule has 0 saturated carbocycles. The molecule has 0 aliphatic carbocycles. The van der Waals surface area contributed by atoms with Crippen molar-refractivity contribution in [3.63, 3.8) is 0 Å². The van der Waals surface area contributed by atoms with E-state index in [1.54, 1.807) is 36.4 Å². The molecular weight excluding hydrogens is 430 g/mol. The molecule has 0 spiro atoms. The highest BCUT2D eigenvalue weighted by Gasteiger charge is 2.21. The van der Waals surface area contributed by atoms with Gasteiger partial charge < -0.3 is 5.11 Å². The van der Waals surface area contributed by atoms with Crippen molar-refractivity contribution in [3.8, 4) is 0 Å². The van der Waals surface area contributed by atoms with E-state index in [1.807, 2.05) is 6.92 Å². The summed E-state index contributed by atoms with van der Waals surface area (Å²) >= 11 is 0. The third kappa shape index (κ3) is 5.19. The number of hydrogen-bond acceptors (Lipinski definition) is 5. The number of anilines is 1. The predicted octanol–water partition coefficient (Wildman–Crippen LogP) is 3.28. The van der Waals surface area contributed by atoms with E-state index >= 15 is 0 Å². The highest BCUT2D eigenvalue weighted by atomic mass is 32.2. The zero-order chi connectivity index (χ0) is 23.3. The van der Waals surface area contributed by atoms with Gasteiger partial charge in [0.05, 0.1) is 22.4 Å². The number of carbonyl (C=O) groups excluding carboxylic acids is 1. The molecule has 0 heterocycles. The number of amides is 1. The number of aromatic carboxylic acids is 1. The first-order chi connectivity index (χ1) is 15.2. The molecule has 0 fully saturated rings. The highest BCUT2D eigenvalue weighted by Crippen LogP contribution is 2.22. The number of sulfonamides is 1. The molecule has 0 aromatic heterocycles. The number of carboxylic acid groups (broad SMARTS) is 1. The highest BCUT2D eigenvalue weighted by molar-refractivity contribution is 7.92. The van der Waals surface area contributed by atoms with E-state index in [4.69, 9.17) is 5.11 Å². The van der Waals surface area contributed by atoms with Gasteiger partial charge in [0, 0.05) is 12.6 Å². The van der Waals surface area contributed by atoms with E-state index in [-0.39, 0.29) is 10.5 Å². The van der Waals surface area contributed by atoms with Crippen LogP contribution in [0.4, 0.5) is 5.69 Å². The van der Waals surface area contributed by atoms with Gasteiger partial charge in [-0.15, -0.1) is 0 Å². The van der Waals surface area contributed by atoms with Gasteiger partial charge in [-0.1, -0.05) is 29.8 Å². The van der Waals surface area contributed by atoms with E-state index in [0.717, 1.165) is 9.87 Å². The Morgan fingerprint density at radius 2 is 1.47 bits per heavy atom. The van der Waals surface area contributed by atoms with E-state index in [9.17, 15) is 18.0 Å². The molecule has 0 radical (unpaired) electrons. The number of benzene rings is 3. The van der Waals surface area contributed by atoms with Crippen LogP contribution in [0.25, 0.3) is 0 Å². The Labute approximate surface area is 185 Å². The Bertz CT molecular complexity index is 1250. The fourth-order valence-corrected chi connectivity index (χ4v) is 3.97. The van der Waals surface area contributed by atoms with Crippen molar-refractivity contribution in [1.82, 2.24) is 5.43 Å². The first-order valence-corrected chi connectivity index (χ1v) is 10.9. The Balaban J connectivity index is 1.66. The number of nitrogens with one attached hydrogen (secondary N) is 1. The number of hydrazone groups is 1. The molecule has 2 N–H and O–H groups in total. The maximum Gasteiger partial charge on any atom is 0.335 e. The minimum absolute atomic E-state index is 0.153. The van der Waals surface area contributed by atoms with Crippen molar-refractivity contribution in [2.75, 3.05) is 11.4 Å². The molecular formula is C23H21N3O5S. The Hall–Kier alpha value is -3.98. The van der Waals surface area contributed by atoms with Gasteiger partial charge in [0.2, 0.25) is 0 Å². The molecule has 8 nitrogen and oxygen atoms in total. The lowest BCUT2D eigenvalue weighted by atomic mass is 10.1. The zero-order valence-electron chi connectivity index (χ0n) is 17.4. The first kappa shape index (κ1) is 22.7. The fourth-order valence-electron chi connectivity index (χ4n) is 2.77. The molecule has 0 saturated heterocycles. The van der Waals surface area contributed by atoms with Crippen LogP contribution in [0.1, 0.15) is 31.8 Å². The smallest absolute Gasteiger partial charge is 0.335 e. The van der Waals surface area contributed by atoms with Crippen LogP contribution in [0.15, 0.2) is 82.8 Å². The summed E-state index contributed by atoms with van der Waals surface area (Å²) in [6.45, 7) is 1.88. The number of aryl methyl sites for hydroxylation is 1. The molecule has 1 amide bonds. The van der Waals surface area contributed by atoms with Crippen LogP contribution < -0.4 is 9.73 Å². The number of nitrogens with zero attached hydrogens (tertiary/aromatic N) is 2. The summed E-state index contributed by atoms with van der Waals surface area (Å²) in [6, 6.07) is 18.7. The standard InChI is InChI=1S/C23H21N3O5S/c1-16-3-13-21(14-4-16)32(30,31)26(2)20-11-9-18(10-12-20)22(27)25-24-15-17-5-7-19(8-6-17)23(28)29/h3-15H,1-2H3,(H,25,27)(H,28,29)/b24-15-. The van der Waals surface area contributed by atoms with Gasteiger partial charge in [-0.25, -0.2) is 18.6 Å². The SMILES string of the molecule is Cc1ccc(S(=O)(=O)N(C)c2ccc(C(=O)N/N=C\c3ccc(C(=O)O)cc3)cc2)cc1. The van der Waals surface area contributed by atoms with Gasteiger partial charge in [0.15, 0.2) is 0 Å². The van der Waals surface area contributed by atoms with Gasteiger partial charge in [0.1, 0.15) is 0 Å². The number of carbonyl (C=O) groups is 2. The fraction of sp³-hybridized carbons (Fsp3) is 0.0870. The molecule has 3 aromatic rings. The van der Waals surface area contributed by atoms with Crippen molar-refractivity contribution in [2.45, 2.75) is 11.8 Å². The Kier molecular flexibility index (Phi) is 6.70. The van der Waals surface area contributed by atoms with Crippen LogP contribution in [-0.2, 0) is 10.0 Å². The molecule has 164 valence electrons. The molecule has 32 heavy (non-hydrogen) atoms. The van der Waals surface area contributed by atoms with Crippen LogP contribution in [0.5, 0.6) is 0 Å². The second-order valence-electron chi connectivity index (χ2n) is 6.96. The van der Waals surface area contributed by atoms with Gasteiger partial charge in [-0.05, 0) is 61.0 Å². The average Bonchev–Trinajstić information content (AvgIpc) is 2.79. The summed E-state index contributed by atoms with van der Waals surface area (Å²) in [7, 11) is -2.27. The van der Waals surface area contributed by atoms with E-state index in [1.165, 1.54) is 49.7 Å². The summed E-state index contributed by atoms with van der Waals surface area (Å²) in [5.41, 5.74) is 4.82. The monoisotopic (exact) mass is 451 g/mol. The largest absolute Gasteiger partial charge is 0.478 e. The van der Waals surface area contributed by atoms with Crippen molar-refractivity contribution >= 4 is 33.8 Å². The number of hydrogen-bond donors (Lipinski definition) is 2. The molecule has 3 aromatic carbocycles. The third-order valence-electron chi connectivity index (χ3n) is 4.71. The van der Waals surface area contributed by atoms with Gasteiger partial charge in [-0.2, -0.15) is 5.10 Å². The summed E-state index contributed by atoms with van der Waals surface area (Å²) in [6.07, 6.45) is 1.39. The molecule has 9 heteroatoms. The normalized spacial score (nSPS) is 11.3. The molecule has 3 rings (SSSR count). The van der Waals surface area contributed by atoms with Crippen LogP contribution in [0.2, 0.25) is 0 Å². The molecule has 0 bridgehead atoms. The van der Waals surface area contributed by atoms with Gasteiger partial charge >= 0.3 is 5.97 Å². The maximum atomic E-state index is 12.8. The lowest BCUT2D eigenvalue weighted by Crippen LogP contribution is -2.26. The van der Waals surface area contributed by atoms with Crippen LogP contribution in [0, 0.1) is 6.92 Å². The first-order valence-electron chi connectivity index (χ1n) is 9.51. The minimum Gasteiger partial charge on any atom is -0.478 e.